The highest BCUT2D eigenvalue weighted by molar-refractivity contribution is 5.97. The van der Waals surface area contributed by atoms with Gasteiger partial charge in [-0.2, -0.15) is 0 Å². The van der Waals surface area contributed by atoms with Crippen LogP contribution in [0.4, 0.5) is 5.69 Å². The zero-order chi connectivity index (χ0) is 15.1. The predicted octanol–water partition coefficient (Wildman–Crippen LogP) is 0.537. The number of hydrogen-bond acceptors (Lipinski definition) is 4. The third-order valence-corrected chi connectivity index (χ3v) is 3.33. The van der Waals surface area contributed by atoms with E-state index >= 15 is 0 Å². The first-order valence-electron chi connectivity index (χ1n) is 7.11. The minimum Gasteiger partial charge on any atom is -0.383 e. The molecule has 1 heterocycles. The van der Waals surface area contributed by atoms with Crippen LogP contribution in [-0.2, 0) is 16.0 Å². The molecule has 2 amide bonds. The number of carbonyl (C=O) groups is 2. The quantitative estimate of drug-likeness (QED) is 0.641. The SMILES string of the molecule is COCCNCCNC(=O)c1ccc2c(c1)CCC(=O)N2. The van der Waals surface area contributed by atoms with Crippen LogP contribution in [0.2, 0.25) is 0 Å². The average molecular weight is 291 g/mol. The molecule has 0 bridgehead atoms. The van der Waals surface area contributed by atoms with E-state index in [1.807, 2.05) is 6.07 Å². The molecule has 1 aliphatic rings. The van der Waals surface area contributed by atoms with Gasteiger partial charge in [-0.05, 0) is 30.2 Å². The lowest BCUT2D eigenvalue weighted by atomic mass is 10.00. The molecule has 6 heteroatoms. The smallest absolute Gasteiger partial charge is 0.251 e. The van der Waals surface area contributed by atoms with Crippen molar-refractivity contribution in [2.24, 2.45) is 0 Å². The first-order chi connectivity index (χ1) is 10.2. The largest absolute Gasteiger partial charge is 0.383 e. The summed E-state index contributed by atoms with van der Waals surface area (Å²) in [7, 11) is 1.65. The number of rotatable bonds is 7. The van der Waals surface area contributed by atoms with Crippen molar-refractivity contribution >= 4 is 17.5 Å². The van der Waals surface area contributed by atoms with E-state index in [9.17, 15) is 9.59 Å². The van der Waals surface area contributed by atoms with Gasteiger partial charge < -0.3 is 20.7 Å². The van der Waals surface area contributed by atoms with Crippen molar-refractivity contribution in [2.75, 3.05) is 38.7 Å². The molecule has 1 aliphatic heterocycles. The molecule has 6 nitrogen and oxygen atoms in total. The van der Waals surface area contributed by atoms with Crippen molar-refractivity contribution in [2.45, 2.75) is 12.8 Å². The van der Waals surface area contributed by atoms with Crippen molar-refractivity contribution in [1.29, 1.82) is 0 Å². The fourth-order valence-corrected chi connectivity index (χ4v) is 2.19. The summed E-state index contributed by atoms with van der Waals surface area (Å²) in [6.07, 6.45) is 1.16. The molecule has 0 saturated heterocycles. The van der Waals surface area contributed by atoms with Crippen LogP contribution in [0.15, 0.2) is 18.2 Å². The molecule has 0 saturated carbocycles. The van der Waals surface area contributed by atoms with Crippen molar-refractivity contribution in [1.82, 2.24) is 10.6 Å². The minimum atomic E-state index is -0.0942. The second-order valence-electron chi connectivity index (χ2n) is 4.92. The lowest BCUT2D eigenvalue weighted by Gasteiger charge is -2.17. The van der Waals surface area contributed by atoms with Gasteiger partial charge in [0.15, 0.2) is 0 Å². The number of fused-ring (bicyclic) bond motifs is 1. The van der Waals surface area contributed by atoms with Gasteiger partial charge in [-0.1, -0.05) is 0 Å². The Morgan fingerprint density at radius 2 is 2.14 bits per heavy atom. The number of benzene rings is 1. The fraction of sp³-hybridized carbons (Fsp3) is 0.467. The third kappa shape index (κ3) is 4.54. The molecule has 0 spiro atoms. The molecular formula is C15H21N3O3. The van der Waals surface area contributed by atoms with Gasteiger partial charge in [0.05, 0.1) is 6.61 Å². The Labute approximate surface area is 124 Å². The number of ether oxygens (including phenoxy) is 1. The van der Waals surface area contributed by atoms with E-state index in [0.717, 1.165) is 17.8 Å². The van der Waals surface area contributed by atoms with Gasteiger partial charge in [-0.25, -0.2) is 0 Å². The van der Waals surface area contributed by atoms with Crippen molar-refractivity contribution in [3.8, 4) is 0 Å². The maximum absolute atomic E-state index is 12.0. The molecular weight excluding hydrogens is 270 g/mol. The number of nitrogens with one attached hydrogen (secondary N) is 3. The van der Waals surface area contributed by atoms with Crippen molar-refractivity contribution < 1.29 is 14.3 Å². The number of amides is 2. The van der Waals surface area contributed by atoms with Crippen LogP contribution in [0.5, 0.6) is 0 Å². The van der Waals surface area contributed by atoms with Crippen LogP contribution in [0.25, 0.3) is 0 Å². The Morgan fingerprint density at radius 1 is 1.29 bits per heavy atom. The van der Waals surface area contributed by atoms with E-state index in [1.54, 1.807) is 19.2 Å². The van der Waals surface area contributed by atoms with E-state index in [1.165, 1.54) is 0 Å². The van der Waals surface area contributed by atoms with Crippen molar-refractivity contribution in [3.63, 3.8) is 0 Å². The van der Waals surface area contributed by atoms with E-state index in [-0.39, 0.29) is 11.8 Å². The van der Waals surface area contributed by atoms with Crippen LogP contribution in [-0.4, -0.2) is 45.2 Å². The molecule has 0 atom stereocenters. The molecule has 0 radical (unpaired) electrons. The highest BCUT2D eigenvalue weighted by atomic mass is 16.5. The Kier molecular flexibility index (Phi) is 5.71. The van der Waals surface area contributed by atoms with Gasteiger partial charge in [-0.3, -0.25) is 9.59 Å². The number of aryl methyl sites for hydroxylation is 1. The number of methoxy groups -OCH3 is 1. The van der Waals surface area contributed by atoms with Gasteiger partial charge in [0, 0.05) is 44.4 Å². The summed E-state index contributed by atoms with van der Waals surface area (Å²) in [6, 6.07) is 5.37. The summed E-state index contributed by atoms with van der Waals surface area (Å²) in [5.41, 5.74) is 2.45. The zero-order valence-corrected chi connectivity index (χ0v) is 12.2. The van der Waals surface area contributed by atoms with Crippen LogP contribution >= 0.6 is 0 Å². The predicted molar refractivity (Wildman–Crippen MR) is 80.5 cm³/mol. The zero-order valence-electron chi connectivity index (χ0n) is 12.2. The van der Waals surface area contributed by atoms with Crippen LogP contribution < -0.4 is 16.0 Å². The summed E-state index contributed by atoms with van der Waals surface area (Å²) in [5.74, 6) is -0.0647. The number of anilines is 1. The molecule has 1 aromatic carbocycles. The van der Waals surface area contributed by atoms with E-state index in [2.05, 4.69) is 16.0 Å². The van der Waals surface area contributed by atoms with Gasteiger partial charge in [0.1, 0.15) is 0 Å². The summed E-state index contributed by atoms with van der Waals surface area (Å²) >= 11 is 0. The monoisotopic (exact) mass is 291 g/mol. The summed E-state index contributed by atoms with van der Waals surface area (Å²) in [5, 5.41) is 8.83. The first kappa shape index (κ1) is 15.5. The molecule has 3 N–H and O–H groups in total. The maximum Gasteiger partial charge on any atom is 0.251 e. The topological polar surface area (TPSA) is 79.5 Å². The average Bonchev–Trinajstić information content (AvgIpc) is 2.50. The molecule has 1 aromatic rings. The van der Waals surface area contributed by atoms with Gasteiger partial charge in [0.25, 0.3) is 5.91 Å². The van der Waals surface area contributed by atoms with Crippen LogP contribution in [0.1, 0.15) is 22.3 Å². The molecule has 0 fully saturated rings. The second kappa shape index (κ2) is 7.75. The van der Waals surface area contributed by atoms with E-state index < -0.39 is 0 Å². The fourth-order valence-electron chi connectivity index (χ4n) is 2.19. The Bertz CT molecular complexity index is 517. The Balaban J connectivity index is 1.81. The van der Waals surface area contributed by atoms with Gasteiger partial charge in [0.2, 0.25) is 5.91 Å². The lowest BCUT2D eigenvalue weighted by Crippen LogP contribution is -2.33. The normalized spacial score (nSPS) is 13.5. The van der Waals surface area contributed by atoms with E-state index in [0.29, 0.717) is 38.1 Å². The van der Waals surface area contributed by atoms with Gasteiger partial charge in [-0.15, -0.1) is 0 Å². The molecule has 2 rings (SSSR count). The Morgan fingerprint density at radius 3 is 2.95 bits per heavy atom. The molecule has 0 aliphatic carbocycles. The highest BCUT2D eigenvalue weighted by Crippen LogP contribution is 2.23. The standard InChI is InChI=1S/C15H21N3O3/c1-21-9-8-16-6-7-17-15(20)12-2-4-13-11(10-12)3-5-14(19)18-13/h2,4,10,16H,3,5-9H2,1H3,(H,17,20)(H,18,19). The molecule has 21 heavy (non-hydrogen) atoms. The van der Waals surface area contributed by atoms with E-state index in [4.69, 9.17) is 4.74 Å². The summed E-state index contributed by atoms with van der Waals surface area (Å²) < 4.78 is 4.92. The van der Waals surface area contributed by atoms with Crippen LogP contribution in [0, 0.1) is 0 Å². The molecule has 0 aromatic heterocycles. The second-order valence-corrected chi connectivity index (χ2v) is 4.92. The number of hydrogen-bond donors (Lipinski definition) is 3. The lowest BCUT2D eigenvalue weighted by molar-refractivity contribution is -0.116. The summed E-state index contributed by atoms with van der Waals surface area (Å²) in [4.78, 5) is 23.3. The summed E-state index contributed by atoms with van der Waals surface area (Å²) in [6.45, 7) is 2.70. The third-order valence-electron chi connectivity index (χ3n) is 3.33. The molecule has 0 unspecified atom stereocenters. The maximum atomic E-state index is 12.0. The Hall–Kier alpha value is -1.92. The van der Waals surface area contributed by atoms with Crippen molar-refractivity contribution in [3.05, 3.63) is 29.3 Å². The van der Waals surface area contributed by atoms with Gasteiger partial charge >= 0.3 is 0 Å². The first-order valence-corrected chi connectivity index (χ1v) is 7.11. The molecule has 114 valence electrons. The van der Waals surface area contributed by atoms with Crippen LogP contribution in [0.3, 0.4) is 0 Å². The minimum absolute atomic E-state index is 0.0295. The number of carbonyl (C=O) groups excluding carboxylic acids is 2. The highest BCUT2D eigenvalue weighted by Gasteiger charge is 2.16.